The van der Waals surface area contributed by atoms with Gasteiger partial charge in [0.25, 0.3) is 0 Å². The number of rotatable bonds is 6. The molecule has 0 aliphatic rings. The third-order valence-electron chi connectivity index (χ3n) is 3.97. The fourth-order valence-corrected chi connectivity index (χ4v) is 2.68. The molecule has 1 aromatic carbocycles. The molecule has 2 heteroatoms. The van der Waals surface area contributed by atoms with E-state index in [1.807, 2.05) is 0 Å². The number of hydrogen-bond acceptors (Lipinski definition) is 2. The minimum atomic E-state index is 0.0360. The molecule has 1 aromatic rings. The standard InChI is InChI=1S/C21H33NO/c1-8-13-23-19-17(20(2,3)4)14-16(11-9-10-12-22)15-18(19)21(5,6)7/h14-15H,8-11,13H2,1-7H3. The van der Waals surface area contributed by atoms with Crippen molar-refractivity contribution in [3.05, 3.63) is 28.8 Å². The summed E-state index contributed by atoms with van der Waals surface area (Å²) in [5.74, 6) is 1.07. The van der Waals surface area contributed by atoms with Crippen LogP contribution in [0.3, 0.4) is 0 Å². The Labute approximate surface area is 142 Å². The largest absolute Gasteiger partial charge is 0.493 e. The Balaban J connectivity index is 3.42. The van der Waals surface area contributed by atoms with E-state index in [0.29, 0.717) is 6.42 Å². The molecule has 0 spiro atoms. The van der Waals surface area contributed by atoms with E-state index in [-0.39, 0.29) is 10.8 Å². The summed E-state index contributed by atoms with van der Waals surface area (Å²) in [6, 6.07) is 6.82. The van der Waals surface area contributed by atoms with Crippen LogP contribution in [0.5, 0.6) is 5.75 Å². The Morgan fingerprint density at radius 2 is 1.52 bits per heavy atom. The van der Waals surface area contributed by atoms with Crippen LogP contribution in [-0.4, -0.2) is 6.61 Å². The number of nitrogens with zero attached hydrogens (tertiary/aromatic N) is 1. The number of aryl methyl sites for hydroxylation is 1. The van der Waals surface area contributed by atoms with Crippen LogP contribution in [0, 0.1) is 11.3 Å². The zero-order valence-corrected chi connectivity index (χ0v) is 16.0. The van der Waals surface area contributed by atoms with Crippen LogP contribution < -0.4 is 4.74 Å². The Hall–Kier alpha value is -1.49. The lowest BCUT2D eigenvalue weighted by Gasteiger charge is -2.30. The van der Waals surface area contributed by atoms with E-state index in [2.05, 4.69) is 66.7 Å². The quantitative estimate of drug-likeness (QED) is 0.611. The molecule has 0 aliphatic heterocycles. The van der Waals surface area contributed by atoms with Crippen LogP contribution >= 0.6 is 0 Å². The van der Waals surface area contributed by atoms with Gasteiger partial charge in [-0.05, 0) is 35.7 Å². The average Bonchev–Trinajstić information content (AvgIpc) is 2.43. The highest BCUT2D eigenvalue weighted by Gasteiger charge is 2.27. The number of benzene rings is 1. The highest BCUT2D eigenvalue weighted by atomic mass is 16.5. The predicted octanol–water partition coefficient (Wildman–Crippen LogP) is 5.92. The molecular weight excluding hydrogens is 282 g/mol. The molecule has 0 saturated carbocycles. The van der Waals surface area contributed by atoms with Gasteiger partial charge >= 0.3 is 0 Å². The molecule has 0 aromatic heterocycles. The molecule has 0 unspecified atom stereocenters. The first kappa shape index (κ1) is 19.6. The molecule has 128 valence electrons. The smallest absolute Gasteiger partial charge is 0.126 e. The molecule has 0 aliphatic carbocycles. The van der Waals surface area contributed by atoms with Crippen molar-refractivity contribution in [2.24, 2.45) is 0 Å². The molecule has 2 nitrogen and oxygen atoms in total. The second-order valence-corrected chi connectivity index (χ2v) is 8.38. The molecule has 0 N–H and O–H groups in total. The summed E-state index contributed by atoms with van der Waals surface area (Å²) < 4.78 is 6.20. The highest BCUT2D eigenvalue weighted by molar-refractivity contribution is 5.51. The number of unbranched alkanes of at least 4 members (excludes halogenated alkanes) is 1. The van der Waals surface area contributed by atoms with E-state index in [4.69, 9.17) is 10.00 Å². The van der Waals surface area contributed by atoms with Crippen LogP contribution in [0.4, 0.5) is 0 Å². The zero-order chi connectivity index (χ0) is 17.7. The Bertz CT molecular complexity index is 518. The SMILES string of the molecule is CCCOc1c(C(C)(C)C)cc(CCCC#N)cc1C(C)(C)C. The number of ether oxygens (including phenoxy) is 1. The van der Waals surface area contributed by atoms with Gasteiger partial charge in [0, 0.05) is 17.5 Å². The van der Waals surface area contributed by atoms with Crippen molar-refractivity contribution in [1.82, 2.24) is 0 Å². The van der Waals surface area contributed by atoms with Gasteiger partial charge in [-0.25, -0.2) is 0 Å². The van der Waals surface area contributed by atoms with Gasteiger partial charge in [0.05, 0.1) is 12.7 Å². The van der Waals surface area contributed by atoms with Crippen LogP contribution in [0.25, 0.3) is 0 Å². The molecule has 0 saturated heterocycles. The van der Waals surface area contributed by atoms with Crippen LogP contribution in [0.15, 0.2) is 12.1 Å². The maximum absolute atomic E-state index is 8.78. The molecule has 0 radical (unpaired) electrons. The molecule has 1 rings (SSSR count). The first-order chi connectivity index (χ1) is 10.6. The maximum Gasteiger partial charge on any atom is 0.126 e. The van der Waals surface area contributed by atoms with Crippen molar-refractivity contribution in [3.63, 3.8) is 0 Å². The third kappa shape index (κ3) is 5.57. The molecule has 23 heavy (non-hydrogen) atoms. The fraction of sp³-hybridized carbons (Fsp3) is 0.667. The molecule has 0 atom stereocenters. The van der Waals surface area contributed by atoms with Crippen LogP contribution in [-0.2, 0) is 17.3 Å². The average molecular weight is 316 g/mol. The third-order valence-corrected chi connectivity index (χ3v) is 3.97. The highest BCUT2D eigenvalue weighted by Crippen LogP contribution is 2.41. The van der Waals surface area contributed by atoms with E-state index in [9.17, 15) is 0 Å². The van der Waals surface area contributed by atoms with Crippen molar-refractivity contribution in [3.8, 4) is 11.8 Å². The lowest BCUT2D eigenvalue weighted by Crippen LogP contribution is -2.20. The Morgan fingerprint density at radius 3 is 1.91 bits per heavy atom. The molecule has 0 amide bonds. The van der Waals surface area contributed by atoms with Gasteiger partial charge in [-0.1, -0.05) is 60.6 Å². The van der Waals surface area contributed by atoms with Crippen molar-refractivity contribution in [2.45, 2.75) is 85.0 Å². The van der Waals surface area contributed by atoms with Crippen molar-refractivity contribution in [2.75, 3.05) is 6.61 Å². The Morgan fingerprint density at radius 1 is 1.00 bits per heavy atom. The maximum atomic E-state index is 8.78. The van der Waals surface area contributed by atoms with Gasteiger partial charge in [-0.3, -0.25) is 0 Å². The summed E-state index contributed by atoms with van der Waals surface area (Å²) in [7, 11) is 0. The summed E-state index contributed by atoms with van der Waals surface area (Å²) in [6.07, 6.45) is 3.49. The monoisotopic (exact) mass is 315 g/mol. The number of hydrogen-bond donors (Lipinski definition) is 0. The first-order valence-corrected chi connectivity index (χ1v) is 8.79. The van der Waals surface area contributed by atoms with Gasteiger partial charge in [0.2, 0.25) is 0 Å². The van der Waals surface area contributed by atoms with Gasteiger partial charge < -0.3 is 4.74 Å². The summed E-state index contributed by atoms with van der Waals surface area (Å²) in [5.41, 5.74) is 3.96. The fourth-order valence-electron chi connectivity index (χ4n) is 2.68. The predicted molar refractivity (Wildman–Crippen MR) is 98.2 cm³/mol. The van der Waals surface area contributed by atoms with Crippen molar-refractivity contribution in [1.29, 1.82) is 5.26 Å². The van der Waals surface area contributed by atoms with E-state index in [1.54, 1.807) is 0 Å². The first-order valence-electron chi connectivity index (χ1n) is 8.79. The lowest BCUT2D eigenvalue weighted by molar-refractivity contribution is 0.299. The van der Waals surface area contributed by atoms with E-state index >= 15 is 0 Å². The minimum Gasteiger partial charge on any atom is -0.493 e. The van der Waals surface area contributed by atoms with Gasteiger partial charge in [-0.15, -0.1) is 0 Å². The van der Waals surface area contributed by atoms with Crippen molar-refractivity contribution < 1.29 is 4.74 Å². The lowest BCUT2D eigenvalue weighted by atomic mass is 9.78. The second-order valence-electron chi connectivity index (χ2n) is 8.38. The minimum absolute atomic E-state index is 0.0360. The topological polar surface area (TPSA) is 33.0 Å². The Kier molecular flexibility index (Phi) is 6.69. The van der Waals surface area contributed by atoms with Gasteiger partial charge in [0.15, 0.2) is 0 Å². The van der Waals surface area contributed by atoms with E-state index in [0.717, 1.165) is 31.6 Å². The summed E-state index contributed by atoms with van der Waals surface area (Å²) in [5, 5.41) is 8.78. The molecule has 0 heterocycles. The van der Waals surface area contributed by atoms with E-state index in [1.165, 1.54) is 16.7 Å². The second kappa shape index (κ2) is 7.86. The zero-order valence-electron chi connectivity index (χ0n) is 16.0. The molecule has 0 fully saturated rings. The summed E-state index contributed by atoms with van der Waals surface area (Å²) in [4.78, 5) is 0. The van der Waals surface area contributed by atoms with Gasteiger partial charge in [-0.2, -0.15) is 5.26 Å². The van der Waals surface area contributed by atoms with Crippen molar-refractivity contribution >= 4 is 0 Å². The summed E-state index contributed by atoms with van der Waals surface area (Å²) in [6.45, 7) is 16.3. The molecular formula is C21H33NO. The number of nitriles is 1. The molecule has 0 bridgehead atoms. The van der Waals surface area contributed by atoms with Crippen LogP contribution in [0.2, 0.25) is 0 Å². The van der Waals surface area contributed by atoms with Crippen LogP contribution in [0.1, 0.15) is 84.4 Å². The van der Waals surface area contributed by atoms with E-state index < -0.39 is 0 Å². The van der Waals surface area contributed by atoms with Gasteiger partial charge in [0.1, 0.15) is 5.75 Å². The summed E-state index contributed by atoms with van der Waals surface area (Å²) >= 11 is 0. The normalized spacial score (nSPS) is 12.1.